The maximum Gasteiger partial charge on any atom is 0.417 e. The molecule has 0 aliphatic heterocycles. The zero-order chi connectivity index (χ0) is 22.8. The van der Waals surface area contributed by atoms with Gasteiger partial charge in [0, 0.05) is 25.7 Å². The second kappa shape index (κ2) is 8.96. The number of halogens is 6. The average Bonchev–Trinajstić information content (AvgIpc) is 2.93. The highest BCUT2D eigenvalue weighted by Crippen LogP contribution is 2.34. The third-order valence-corrected chi connectivity index (χ3v) is 5.63. The van der Waals surface area contributed by atoms with Gasteiger partial charge >= 0.3 is 12.4 Å². The molecule has 1 saturated carbocycles. The van der Waals surface area contributed by atoms with E-state index in [0.717, 1.165) is 50.1 Å². The first-order valence-electron chi connectivity index (χ1n) is 10.1. The number of aryl methyl sites for hydroxylation is 1. The van der Waals surface area contributed by atoms with E-state index in [-0.39, 0.29) is 12.1 Å². The Balaban J connectivity index is 1.71. The molecule has 1 fully saturated rings. The van der Waals surface area contributed by atoms with Crippen molar-refractivity contribution in [1.82, 2.24) is 4.98 Å². The van der Waals surface area contributed by atoms with E-state index >= 15 is 0 Å². The van der Waals surface area contributed by atoms with Crippen LogP contribution in [0.4, 0.5) is 32.2 Å². The third kappa shape index (κ3) is 5.83. The minimum atomic E-state index is -4.44. The molecule has 3 rings (SSSR count). The van der Waals surface area contributed by atoms with Crippen molar-refractivity contribution in [2.24, 2.45) is 0 Å². The molecular weight excluding hydrogens is 422 g/mol. The van der Waals surface area contributed by atoms with Crippen LogP contribution in [0.5, 0.6) is 5.75 Å². The maximum absolute atomic E-state index is 12.9. The molecule has 170 valence electrons. The van der Waals surface area contributed by atoms with Crippen LogP contribution in [0.2, 0.25) is 0 Å². The van der Waals surface area contributed by atoms with Gasteiger partial charge < -0.3 is 9.64 Å². The summed E-state index contributed by atoms with van der Waals surface area (Å²) in [4.78, 5) is 5.81. The zero-order valence-electron chi connectivity index (χ0n) is 17.2. The van der Waals surface area contributed by atoms with Crippen molar-refractivity contribution in [3.05, 3.63) is 53.2 Å². The first kappa shape index (κ1) is 23.2. The van der Waals surface area contributed by atoms with Gasteiger partial charge in [-0.1, -0.05) is 6.42 Å². The van der Waals surface area contributed by atoms with Gasteiger partial charge in [0.25, 0.3) is 0 Å². The van der Waals surface area contributed by atoms with Gasteiger partial charge in [-0.25, -0.2) is 4.98 Å². The van der Waals surface area contributed by atoms with Crippen LogP contribution in [0, 0.1) is 6.92 Å². The highest BCUT2D eigenvalue weighted by Gasteiger charge is 2.32. The summed E-state index contributed by atoms with van der Waals surface area (Å²) in [6.07, 6.45) is -4.24. The molecule has 0 radical (unpaired) electrons. The molecule has 0 saturated heterocycles. The number of alkyl halides is 6. The minimum Gasteiger partial charge on any atom is -0.490 e. The van der Waals surface area contributed by atoms with Crippen molar-refractivity contribution < 1.29 is 31.1 Å². The summed E-state index contributed by atoms with van der Waals surface area (Å²) in [5.41, 5.74) is -1.11. The van der Waals surface area contributed by atoms with E-state index in [2.05, 4.69) is 4.98 Å². The fourth-order valence-corrected chi connectivity index (χ4v) is 3.84. The number of benzene rings is 1. The zero-order valence-corrected chi connectivity index (χ0v) is 17.2. The predicted octanol–water partition coefficient (Wildman–Crippen LogP) is 6.64. The molecule has 1 aromatic heterocycles. The molecule has 0 amide bonds. The number of hydrogen-bond donors (Lipinski definition) is 0. The standard InChI is InChI=1S/C22H24F6N2O/c1-14-11-15(21(23,24)25)7-9-19(14)31-18-6-4-3-5-17(12-18)30(2)20-10-8-16(13-29-20)22(26,27)28/h7-11,13,17-18H,3-6,12H2,1-2H3. The van der Waals surface area contributed by atoms with Crippen LogP contribution in [-0.4, -0.2) is 24.2 Å². The highest BCUT2D eigenvalue weighted by atomic mass is 19.4. The first-order chi connectivity index (χ1) is 14.4. The van der Waals surface area contributed by atoms with E-state index in [9.17, 15) is 26.3 Å². The largest absolute Gasteiger partial charge is 0.490 e. The normalized spacial score (nSPS) is 20.3. The fraction of sp³-hybridized carbons (Fsp3) is 0.500. The first-order valence-corrected chi connectivity index (χ1v) is 10.1. The summed E-state index contributed by atoms with van der Waals surface area (Å²) in [6.45, 7) is 1.58. The lowest BCUT2D eigenvalue weighted by molar-refractivity contribution is -0.138. The monoisotopic (exact) mass is 446 g/mol. The van der Waals surface area contributed by atoms with E-state index in [1.54, 1.807) is 14.0 Å². The van der Waals surface area contributed by atoms with Gasteiger partial charge in [0.1, 0.15) is 17.7 Å². The number of rotatable bonds is 4. The third-order valence-electron chi connectivity index (χ3n) is 5.63. The molecule has 1 heterocycles. The summed E-state index contributed by atoms with van der Waals surface area (Å²) >= 11 is 0. The van der Waals surface area contributed by atoms with E-state index in [0.29, 0.717) is 23.6 Å². The molecule has 0 bridgehead atoms. The molecule has 2 aromatic rings. The molecule has 3 nitrogen and oxygen atoms in total. The van der Waals surface area contributed by atoms with Crippen LogP contribution >= 0.6 is 0 Å². The van der Waals surface area contributed by atoms with Crippen molar-refractivity contribution in [3.8, 4) is 5.75 Å². The number of hydrogen-bond acceptors (Lipinski definition) is 3. The number of nitrogens with zero attached hydrogens (tertiary/aromatic N) is 2. The Morgan fingerprint density at radius 2 is 1.58 bits per heavy atom. The van der Waals surface area contributed by atoms with Gasteiger partial charge in [0.2, 0.25) is 0 Å². The lowest BCUT2D eigenvalue weighted by Gasteiger charge is -2.31. The lowest BCUT2D eigenvalue weighted by atomic mass is 10.1. The van der Waals surface area contributed by atoms with E-state index in [1.165, 1.54) is 12.1 Å². The van der Waals surface area contributed by atoms with Crippen LogP contribution < -0.4 is 9.64 Å². The maximum atomic E-state index is 12.9. The second-order valence-electron chi connectivity index (χ2n) is 7.91. The molecule has 1 aliphatic carbocycles. The van der Waals surface area contributed by atoms with Crippen molar-refractivity contribution >= 4 is 5.82 Å². The van der Waals surface area contributed by atoms with Crippen LogP contribution in [0.15, 0.2) is 36.5 Å². The van der Waals surface area contributed by atoms with Crippen molar-refractivity contribution in [2.75, 3.05) is 11.9 Å². The molecule has 0 N–H and O–H groups in total. The molecule has 1 aromatic carbocycles. The number of aromatic nitrogens is 1. The summed E-state index contributed by atoms with van der Waals surface area (Å²) < 4.78 is 83.0. The Labute approximate surface area is 177 Å². The van der Waals surface area contributed by atoms with Crippen LogP contribution in [0.25, 0.3) is 0 Å². The Bertz CT molecular complexity index is 879. The molecule has 2 unspecified atom stereocenters. The van der Waals surface area contributed by atoms with Crippen molar-refractivity contribution in [1.29, 1.82) is 0 Å². The summed E-state index contributed by atoms with van der Waals surface area (Å²) in [6, 6.07) is 5.78. The van der Waals surface area contributed by atoms with Crippen molar-refractivity contribution in [3.63, 3.8) is 0 Å². The summed E-state index contributed by atoms with van der Waals surface area (Å²) in [5, 5.41) is 0. The van der Waals surface area contributed by atoms with Gasteiger partial charge in [-0.2, -0.15) is 26.3 Å². The number of pyridine rings is 1. The molecule has 2 atom stereocenters. The Morgan fingerprint density at radius 1 is 0.935 bits per heavy atom. The minimum absolute atomic E-state index is 0.00788. The number of ether oxygens (including phenoxy) is 1. The molecule has 9 heteroatoms. The van der Waals surface area contributed by atoms with Crippen LogP contribution in [-0.2, 0) is 12.4 Å². The SMILES string of the molecule is Cc1cc(C(F)(F)F)ccc1OC1CCCCC(N(C)c2ccc(C(F)(F)F)cn2)C1. The van der Waals surface area contributed by atoms with Crippen molar-refractivity contribution in [2.45, 2.75) is 63.5 Å². The molecule has 0 spiro atoms. The predicted molar refractivity (Wildman–Crippen MR) is 105 cm³/mol. The van der Waals surface area contributed by atoms with Gasteiger partial charge in [0.15, 0.2) is 0 Å². The second-order valence-corrected chi connectivity index (χ2v) is 7.91. The fourth-order valence-electron chi connectivity index (χ4n) is 3.84. The molecule has 31 heavy (non-hydrogen) atoms. The summed E-state index contributed by atoms with van der Waals surface area (Å²) in [7, 11) is 1.78. The Hall–Kier alpha value is -2.45. The van der Waals surface area contributed by atoms with Gasteiger partial charge in [0.05, 0.1) is 11.1 Å². The van der Waals surface area contributed by atoms with E-state index in [1.807, 2.05) is 4.90 Å². The van der Waals surface area contributed by atoms with E-state index < -0.39 is 23.5 Å². The van der Waals surface area contributed by atoms with Gasteiger partial charge in [-0.15, -0.1) is 0 Å². The Kier molecular flexibility index (Phi) is 6.71. The summed E-state index contributed by atoms with van der Waals surface area (Å²) in [5.74, 6) is 0.846. The van der Waals surface area contributed by atoms with E-state index in [4.69, 9.17) is 4.74 Å². The van der Waals surface area contributed by atoms with Crippen LogP contribution in [0.3, 0.4) is 0 Å². The number of anilines is 1. The van der Waals surface area contributed by atoms with Crippen LogP contribution in [0.1, 0.15) is 48.8 Å². The highest BCUT2D eigenvalue weighted by molar-refractivity contribution is 5.40. The van der Waals surface area contributed by atoms with Gasteiger partial charge in [-0.05, 0) is 62.1 Å². The smallest absolute Gasteiger partial charge is 0.417 e. The quantitative estimate of drug-likeness (QED) is 0.389. The Morgan fingerprint density at radius 3 is 2.16 bits per heavy atom. The molecular formula is C22H24F6N2O. The average molecular weight is 446 g/mol. The lowest BCUT2D eigenvalue weighted by Crippen LogP contribution is -2.35. The van der Waals surface area contributed by atoms with Gasteiger partial charge in [-0.3, -0.25) is 0 Å². The molecule has 1 aliphatic rings. The topological polar surface area (TPSA) is 25.4 Å².